The lowest BCUT2D eigenvalue weighted by Crippen LogP contribution is -2.20. The Morgan fingerprint density at radius 1 is 1.07 bits per heavy atom. The molecular weight excluding hydrogens is 394 g/mol. The number of carboxylic acid groups (broad SMARTS) is 1. The van der Waals surface area contributed by atoms with E-state index in [2.05, 4.69) is 25.6 Å². The van der Waals surface area contributed by atoms with Crippen molar-refractivity contribution >= 4 is 46.4 Å². The van der Waals surface area contributed by atoms with Crippen LogP contribution < -0.4 is 10.6 Å². The molecule has 3 aromatic heterocycles. The third kappa shape index (κ3) is 5.48. The van der Waals surface area contributed by atoms with Crippen LogP contribution in [0, 0.1) is 0 Å². The monoisotopic (exact) mass is 413 g/mol. The van der Waals surface area contributed by atoms with Gasteiger partial charge in [-0.2, -0.15) is 0 Å². The summed E-state index contributed by atoms with van der Waals surface area (Å²) in [5.41, 5.74) is -0.0791. The van der Waals surface area contributed by atoms with Crippen LogP contribution in [0.15, 0.2) is 35.1 Å². The first kappa shape index (κ1) is 20.2. The van der Waals surface area contributed by atoms with Crippen molar-refractivity contribution in [2.24, 2.45) is 0 Å². The number of nitrogens with zero attached hydrogens (tertiary/aromatic N) is 3. The van der Waals surface area contributed by atoms with Crippen molar-refractivity contribution in [3.8, 4) is 0 Å². The fraction of sp³-hybridized carbons (Fsp3) is 0.211. The summed E-state index contributed by atoms with van der Waals surface area (Å²) in [6.45, 7) is 6.13. The Morgan fingerprint density at radius 2 is 1.86 bits per heavy atom. The average Bonchev–Trinajstić information content (AvgIpc) is 3.29. The van der Waals surface area contributed by atoms with Crippen LogP contribution in [0.5, 0.6) is 0 Å². The number of amides is 2. The maximum atomic E-state index is 12.0. The molecule has 3 heterocycles. The molecule has 0 aliphatic heterocycles. The first-order valence-corrected chi connectivity index (χ1v) is 9.40. The molecule has 3 aromatic rings. The first-order valence-electron chi connectivity index (χ1n) is 8.58. The van der Waals surface area contributed by atoms with Gasteiger partial charge in [0.25, 0.3) is 0 Å². The van der Waals surface area contributed by atoms with Gasteiger partial charge in [-0.3, -0.25) is 10.6 Å². The first-order chi connectivity index (χ1) is 13.7. The number of thiazole rings is 1. The number of anilines is 2. The average molecular weight is 413 g/mol. The lowest BCUT2D eigenvalue weighted by Gasteiger charge is -2.12. The highest BCUT2D eigenvalue weighted by atomic mass is 32.1. The maximum Gasteiger partial charge on any atom is 0.337 e. The second-order valence-electron chi connectivity index (χ2n) is 7.03. The lowest BCUT2D eigenvalue weighted by molar-refractivity contribution is 0.0696. The molecule has 9 nitrogen and oxygen atoms in total. The molecule has 0 aliphatic rings. The van der Waals surface area contributed by atoms with Crippen LogP contribution in [0.4, 0.5) is 15.7 Å². The fourth-order valence-electron chi connectivity index (χ4n) is 2.13. The number of pyridine rings is 1. The van der Waals surface area contributed by atoms with Crippen LogP contribution in [-0.2, 0) is 5.41 Å². The Hall–Kier alpha value is -3.53. The molecular formula is C19H19N5O4S. The van der Waals surface area contributed by atoms with Gasteiger partial charge in [0.15, 0.2) is 5.13 Å². The molecule has 0 bridgehead atoms. The van der Waals surface area contributed by atoms with Gasteiger partial charge in [-0.05, 0) is 18.2 Å². The summed E-state index contributed by atoms with van der Waals surface area (Å²) in [6.07, 6.45) is 8.02. The molecule has 0 spiro atoms. The van der Waals surface area contributed by atoms with E-state index in [1.54, 1.807) is 24.5 Å². The van der Waals surface area contributed by atoms with Gasteiger partial charge in [-0.25, -0.2) is 24.5 Å². The van der Waals surface area contributed by atoms with E-state index in [9.17, 15) is 9.59 Å². The minimum absolute atomic E-state index is 0.0352. The third-order valence-corrected chi connectivity index (χ3v) is 4.53. The second kappa shape index (κ2) is 8.23. The van der Waals surface area contributed by atoms with Crippen molar-refractivity contribution in [2.75, 3.05) is 10.6 Å². The number of aromatic carboxylic acids is 1. The molecule has 150 valence electrons. The number of hydrogen-bond acceptors (Lipinski definition) is 7. The summed E-state index contributed by atoms with van der Waals surface area (Å²) < 4.78 is 5.69. The number of urea groups is 1. The highest BCUT2D eigenvalue weighted by molar-refractivity contribution is 7.16. The van der Waals surface area contributed by atoms with Gasteiger partial charge in [-0.1, -0.05) is 32.1 Å². The zero-order valence-corrected chi connectivity index (χ0v) is 16.8. The second-order valence-corrected chi connectivity index (χ2v) is 8.09. The van der Waals surface area contributed by atoms with E-state index in [-0.39, 0.29) is 16.8 Å². The highest BCUT2D eigenvalue weighted by Gasteiger charge is 2.18. The van der Waals surface area contributed by atoms with E-state index in [0.29, 0.717) is 11.0 Å². The smallest absolute Gasteiger partial charge is 0.337 e. The van der Waals surface area contributed by atoms with Gasteiger partial charge >= 0.3 is 12.0 Å². The standard InChI is InChI=1S/C19H19N5O4S/c1-19(2,3)13-10-21-15(28-13)7-5-12-9-22-18(29-12)24-17(27)23-14-6-4-11(8-20-14)16(25)26/h4-10H,1-3H3,(H,25,26)(H2,20,22,23,24,27). The maximum absolute atomic E-state index is 12.0. The van der Waals surface area contributed by atoms with Crippen molar-refractivity contribution in [1.82, 2.24) is 15.0 Å². The van der Waals surface area contributed by atoms with Crippen LogP contribution >= 0.6 is 11.3 Å². The minimum Gasteiger partial charge on any atom is -0.478 e. The molecule has 0 atom stereocenters. The Morgan fingerprint density at radius 3 is 2.48 bits per heavy atom. The number of oxazole rings is 1. The predicted octanol–water partition coefficient (Wildman–Crippen LogP) is 4.34. The molecule has 0 saturated heterocycles. The number of hydrogen-bond donors (Lipinski definition) is 3. The molecule has 0 aliphatic carbocycles. The molecule has 3 rings (SSSR count). The van der Waals surface area contributed by atoms with Crippen molar-refractivity contribution < 1.29 is 19.1 Å². The molecule has 2 amide bonds. The molecule has 10 heteroatoms. The summed E-state index contributed by atoms with van der Waals surface area (Å²) in [7, 11) is 0. The fourth-order valence-corrected chi connectivity index (χ4v) is 2.84. The minimum atomic E-state index is -1.09. The van der Waals surface area contributed by atoms with Crippen LogP contribution in [0.1, 0.15) is 47.7 Å². The van der Waals surface area contributed by atoms with Crippen molar-refractivity contribution in [2.45, 2.75) is 26.2 Å². The summed E-state index contributed by atoms with van der Waals surface area (Å²) in [5.74, 6) is 0.427. The van der Waals surface area contributed by atoms with Gasteiger partial charge in [0, 0.05) is 28.8 Å². The van der Waals surface area contributed by atoms with E-state index in [1.807, 2.05) is 20.8 Å². The van der Waals surface area contributed by atoms with Gasteiger partial charge < -0.3 is 9.52 Å². The van der Waals surface area contributed by atoms with Crippen molar-refractivity contribution in [1.29, 1.82) is 0 Å². The van der Waals surface area contributed by atoms with Crippen LogP contribution in [0.2, 0.25) is 0 Å². The molecule has 0 saturated carbocycles. The Kier molecular flexibility index (Phi) is 5.74. The molecule has 0 radical (unpaired) electrons. The summed E-state index contributed by atoms with van der Waals surface area (Å²) >= 11 is 1.27. The van der Waals surface area contributed by atoms with Gasteiger partial charge in [-0.15, -0.1) is 0 Å². The van der Waals surface area contributed by atoms with Crippen LogP contribution in [-0.4, -0.2) is 32.1 Å². The summed E-state index contributed by atoms with van der Waals surface area (Å²) in [4.78, 5) is 35.9. The summed E-state index contributed by atoms with van der Waals surface area (Å²) in [6, 6.07) is 2.22. The van der Waals surface area contributed by atoms with Gasteiger partial charge in [0.1, 0.15) is 11.6 Å². The van der Waals surface area contributed by atoms with Crippen LogP contribution in [0.25, 0.3) is 12.2 Å². The van der Waals surface area contributed by atoms with E-state index in [0.717, 1.165) is 16.8 Å². The Bertz CT molecular complexity index is 1050. The highest BCUT2D eigenvalue weighted by Crippen LogP contribution is 2.24. The number of aromatic nitrogens is 3. The number of carbonyl (C=O) groups excluding carboxylic acids is 1. The Labute approximate surface area is 170 Å². The van der Waals surface area contributed by atoms with E-state index >= 15 is 0 Å². The van der Waals surface area contributed by atoms with Gasteiger partial charge in [0.2, 0.25) is 5.89 Å². The molecule has 0 fully saturated rings. The number of carboxylic acids is 1. The number of rotatable bonds is 5. The summed E-state index contributed by atoms with van der Waals surface area (Å²) in [5, 5.41) is 14.4. The molecule has 0 unspecified atom stereocenters. The van der Waals surface area contributed by atoms with E-state index in [4.69, 9.17) is 9.52 Å². The SMILES string of the molecule is CC(C)(C)c1cnc(C=Cc2cnc(NC(=O)Nc3ccc(C(=O)O)cn3)s2)o1. The number of carbonyl (C=O) groups is 2. The van der Waals surface area contributed by atoms with E-state index < -0.39 is 12.0 Å². The molecule has 29 heavy (non-hydrogen) atoms. The molecule has 3 N–H and O–H groups in total. The zero-order valence-electron chi connectivity index (χ0n) is 16.0. The number of nitrogens with one attached hydrogen (secondary N) is 2. The third-order valence-electron chi connectivity index (χ3n) is 3.65. The normalized spacial score (nSPS) is 11.6. The largest absolute Gasteiger partial charge is 0.478 e. The van der Waals surface area contributed by atoms with Crippen molar-refractivity contribution in [3.63, 3.8) is 0 Å². The van der Waals surface area contributed by atoms with Crippen LogP contribution in [0.3, 0.4) is 0 Å². The zero-order chi connectivity index (χ0) is 21.0. The Balaban J connectivity index is 1.57. The van der Waals surface area contributed by atoms with Gasteiger partial charge in [0.05, 0.1) is 11.8 Å². The topological polar surface area (TPSA) is 130 Å². The van der Waals surface area contributed by atoms with E-state index in [1.165, 1.54) is 23.5 Å². The predicted molar refractivity (Wildman–Crippen MR) is 110 cm³/mol. The van der Waals surface area contributed by atoms with Crippen molar-refractivity contribution in [3.05, 3.63) is 52.8 Å². The molecule has 0 aromatic carbocycles. The lowest BCUT2D eigenvalue weighted by atomic mass is 9.94. The quantitative estimate of drug-likeness (QED) is 0.567.